The van der Waals surface area contributed by atoms with Gasteiger partial charge >= 0.3 is 0 Å². The number of aryl methyl sites for hydroxylation is 4. The Hall–Kier alpha value is -4.30. The minimum atomic E-state index is 0.921. The first-order chi connectivity index (χ1) is 20.2. The van der Waals surface area contributed by atoms with E-state index in [-0.39, 0.29) is 0 Å². The van der Waals surface area contributed by atoms with Crippen molar-refractivity contribution in [1.82, 2.24) is 0 Å². The zero-order valence-corrected chi connectivity index (χ0v) is 24.5. The van der Waals surface area contributed by atoms with E-state index in [1.165, 1.54) is 44.8 Å². The predicted octanol–water partition coefficient (Wildman–Crippen LogP) is 8.92. The van der Waals surface area contributed by atoms with Crippen LogP contribution in [0.25, 0.3) is 0 Å². The summed E-state index contributed by atoms with van der Waals surface area (Å²) in [7, 11) is 2.16. The zero-order chi connectivity index (χ0) is 28.3. The smallest absolute Gasteiger partial charge is 0.0429 e. The molecule has 0 amide bonds. The largest absolute Gasteiger partial charge is 0.370 e. The van der Waals surface area contributed by atoms with Gasteiger partial charge in [0.25, 0.3) is 0 Å². The monoisotopic (exact) mass is 538 g/mol. The van der Waals surface area contributed by atoms with Gasteiger partial charge in [0.05, 0.1) is 0 Å². The molecule has 5 rings (SSSR count). The molecule has 0 spiro atoms. The van der Waals surface area contributed by atoms with E-state index in [0.717, 1.165) is 45.3 Å². The molecule has 0 aliphatic heterocycles. The SMILES string of the molecule is CCN(Cc1ccccc1)c1ccc(CCc2ccc(CCc3ccc(N(C)Cc4ccccc4)cc3)cc2)cc1. The number of anilines is 2. The molecule has 0 saturated carbocycles. The predicted molar refractivity (Wildman–Crippen MR) is 176 cm³/mol. The second-order valence-electron chi connectivity index (χ2n) is 11.0. The minimum Gasteiger partial charge on any atom is -0.370 e. The average Bonchev–Trinajstić information content (AvgIpc) is 3.03. The van der Waals surface area contributed by atoms with Gasteiger partial charge in [-0.1, -0.05) is 109 Å². The number of rotatable bonds is 13. The molecule has 0 unspecified atom stereocenters. The molecule has 0 N–H and O–H groups in total. The van der Waals surface area contributed by atoms with E-state index in [1.54, 1.807) is 0 Å². The van der Waals surface area contributed by atoms with E-state index in [2.05, 4.69) is 157 Å². The van der Waals surface area contributed by atoms with Gasteiger partial charge in [-0.25, -0.2) is 0 Å². The fourth-order valence-electron chi connectivity index (χ4n) is 5.38. The minimum absolute atomic E-state index is 0.921. The highest BCUT2D eigenvalue weighted by Gasteiger charge is 2.06. The van der Waals surface area contributed by atoms with Crippen LogP contribution in [0.4, 0.5) is 11.4 Å². The Kier molecular flexibility index (Phi) is 9.89. The van der Waals surface area contributed by atoms with E-state index >= 15 is 0 Å². The van der Waals surface area contributed by atoms with E-state index in [1.807, 2.05) is 0 Å². The molecular formula is C39H42N2. The lowest BCUT2D eigenvalue weighted by atomic mass is 10.00. The molecule has 0 heterocycles. The van der Waals surface area contributed by atoms with Crippen molar-refractivity contribution in [2.75, 3.05) is 23.4 Å². The van der Waals surface area contributed by atoms with E-state index in [0.29, 0.717) is 0 Å². The summed E-state index contributed by atoms with van der Waals surface area (Å²) in [5.74, 6) is 0. The van der Waals surface area contributed by atoms with Crippen molar-refractivity contribution in [3.63, 3.8) is 0 Å². The third kappa shape index (κ3) is 8.35. The summed E-state index contributed by atoms with van der Waals surface area (Å²) in [6.45, 7) is 5.09. The molecule has 0 aromatic heterocycles. The average molecular weight is 539 g/mol. The van der Waals surface area contributed by atoms with Crippen LogP contribution in [0.3, 0.4) is 0 Å². The molecule has 5 aromatic carbocycles. The third-order valence-electron chi connectivity index (χ3n) is 7.97. The van der Waals surface area contributed by atoms with Crippen LogP contribution in [-0.4, -0.2) is 13.6 Å². The summed E-state index contributed by atoms with van der Waals surface area (Å²) in [5, 5.41) is 0. The molecule has 2 nitrogen and oxygen atoms in total. The van der Waals surface area contributed by atoms with Crippen LogP contribution in [0, 0.1) is 0 Å². The molecule has 0 aliphatic rings. The van der Waals surface area contributed by atoms with Crippen LogP contribution in [0.2, 0.25) is 0 Å². The van der Waals surface area contributed by atoms with Gasteiger partial charge in [0.2, 0.25) is 0 Å². The van der Waals surface area contributed by atoms with Gasteiger partial charge < -0.3 is 9.80 Å². The Labute approximate surface area is 246 Å². The second kappa shape index (κ2) is 14.4. The van der Waals surface area contributed by atoms with Crippen LogP contribution in [0.15, 0.2) is 133 Å². The Morgan fingerprint density at radius 2 is 0.756 bits per heavy atom. The van der Waals surface area contributed by atoms with Gasteiger partial charge in [-0.3, -0.25) is 0 Å². The van der Waals surface area contributed by atoms with Crippen molar-refractivity contribution in [2.24, 2.45) is 0 Å². The standard InChI is InChI=1S/C39H42N2/c1-3-41(31-37-12-8-5-9-13-37)39-28-24-35(25-29-39)21-19-33-16-14-32(15-17-33)18-20-34-22-26-38(27-23-34)40(2)30-36-10-6-4-7-11-36/h4-17,22-29H,3,18-21,30-31H2,1-2H3. The molecule has 0 fully saturated rings. The van der Waals surface area contributed by atoms with Crippen LogP contribution in [0.1, 0.15) is 40.3 Å². The van der Waals surface area contributed by atoms with Crippen LogP contribution < -0.4 is 9.80 Å². The Balaban J connectivity index is 1.07. The summed E-state index contributed by atoms with van der Waals surface area (Å²) < 4.78 is 0. The molecule has 5 aromatic rings. The summed E-state index contributed by atoms with van der Waals surface area (Å²) in [5.41, 5.74) is 10.8. The highest BCUT2D eigenvalue weighted by Crippen LogP contribution is 2.20. The lowest BCUT2D eigenvalue weighted by Crippen LogP contribution is -2.21. The lowest BCUT2D eigenvalue weighted by Gasteiger charge is -2.23. The molecule has 0 bridgehead atoms. The maximum Gasteiger partial charge on any atom is 0.0429 e. The fraction of sp³-hybridized carbons (Fsp3) is 0.231. The van der Waals surface area contributed by atoms with Gasteiger partial charge in [-0.15, -0.1) is 0 Å². The van der Waals surface area contributed by atoms with E-state index in [9.17, 15) is 0 Å². The fourth-order valence-corrected chi connectivity index (χ4v) is 5.38. The first kappa shape index (κ1) is 28.2. The maximum absolute atomic E-state index is 2.43. The Morgan fingerprint density at radius 3 is 1.17 bits per heavy atom. The van der Waals surface area contributed by atoms with Gasteiger partial charge in [-0.05, 0) is 90.3 Å². The Bertz CT molecular complexity index is 1440. The van der Waals surface area contributed by atoms with Crippen molar-refractivity contribution >= 4 is 11.4 Å². The van der Waals surface area contributed by atoms with Gasteiger partial charge in [0.1, 0.15) is 0 Å². The molecule has 41 heavy (non-hydrogen) atoms. The van der Waals surface area contributed by atoms with Crippen LogP contribution in [-0.2, 0) is 38.8 Å². The third-order valence-corrected chi connectivity index (χ3v) is 7.97. The van der Waals surface area contributed by atoms with Crippen molar-refractivity contribution in [3.05, 3.63) is 167 Å². The first-order valence-electron chi connectivity index (χ1n) is 15.0. The van der Waals surface area contributed by atoms with Crippen molar-refractivity contribution in [3.8, 4) is 0 Å². The number of hydrogen-bond donors (Lipinski definition) is 0. The molecule has 0 radical (unpaired) electrons. The van der Waals surface area contributed by atoms with Crippen LogP contribution in [0.5, 0.6) is 0 Å². The lowest BCUT2D eigenvalue weighted by molar-refractivity contribution is 0.831. The summed E-state index contributed by atoms with van der Waals surface area (Å²) in [6, 6.07) is 48.8. The number of benzene rings is 5. The van der Waals surface area contributed by atoms with Crippen LogP contribution >= 0.6 is 0 Å². The summed E-state index contributed by atoms with van der Waals surface area (Å²) in [4.78, 5) is 4.73. The van der Waals surface area contributed by atoms with Gasteiger partial charge in [0.15, 0.2) is 0 Å². The van der Waals surface area contributed by atoms with Crippen molar-refractivity contribution < 1.29 is 0 Å². The van der Waals surface area contributed by atoms with Crippen molar-refractivity contribution in [1.29, 1.82) is 0 Å². The highest BCUT2D eigenvalue weighted by atomic mass is 15.1. The number of nitrogens with zero attached hydrogens (tertiary/aromatic N) is 2. The normalized spacial score (nSPS) is 10.9. The molecule has 208 valence electrons. The quantitative estimate of drug-likeness (QED) is 0.148. The second-order valence-corrected chi connectivity index (χ2v) is 11.0. The zero-order valence-electron chi connectivity index (χ0n) is 24.5. The van der Waals surface area contributed by atoms with Gasteiger partial charge in [0, 0.05) is 38.1 Å². The first-order valence-corrected chi connectivity index (χ1v) is 15.0. The van der Waals surface area contributed by atoms with E-state index in [4.69, 9.17) is 0 Å². The molecular weight excluding hydrogens is 496 g/mol. The van der Waals surface area contributed by atoms with Crippen molar-refractivity contribution in [2.45, 2.75) is 45.7 Å². The molecule has 0 aliphatic carbocycles. The summed E-state index contributed by atoms with van der Waals surface area (Å²) >= 11 is 0. The Morgan fingerprint density at radius 1 is 0.390 bits per heavy atom. The molecule has 2 heteroatoms. The van der Waals surface area contributed by atoms with Gasteiger partial charge in [-0.2, -0.15) is 0 Å². The maximum atomic E-state index is 2.43. The summed E-state index contributed by atoms with van der Waals surface area (Å²) in [6.07, 6.45) is 4.26. The molecule has 0 atom stereocenters. The topological polar surface area (TPSA) is 6.48 Å². The van der Waals surface area contributed by atoms with E-state index < -0.39 is 0 Å². The molecule has 0 saturated heterocycles. The highest BCUT2D eigenvalue weighted by molar-refractivity contribution is 5.49. The number of hydrogen-bond acceptors (Lipinski definition) is 2.